The molecule has 0 aromatic heterocycles. The summed E-state index contributed by atoms with van der Waals surface area (Å²) in [5, 5.41) is 0.573. The molecule has 2 aliphatic heterocycles. The second kappa shape index (κ2) is 6.18. The van der Waals surface area contributed by atoms with E-state index >= 15 is 0 Å². The number of hydrogen-bond donors (Lipinski definition) is 0. The number of Topliss-reactive ketones (excluding diaryl/α,β-unsaturated/α-hetero) is 1. The highest BCUT2D eigenvalue weighted by atomic mass is 35.5. The van der Waals surface area contributed by atoms with Crippen molar-refractivity contribution >= 4 is 34.6 Å². The molecule has 0 saturated heterocycles. The van der Waals surface area contributed by atoms with Gasteiger partial charge < -0.3 is 14.4 Å². The lowest BCUT2D eigenvalue weighted by Gasteiger charge is -2.28. The van der Waals surface area contributed by atoms with E-state index in [0.717, 1.165) is 11.1 Å². The van der Waals surface area contributed by atoms with E-state index < -0.39 is 11.7 Å². The number of fused-ring (bicyclic) bond motifs is 3. The molecule has 0 radical (unpaired) electrons. The maximum atomic E-state index is 12.7. The van der Waals surface area contributed by atoms with Gasteiger partial charge in [0.2, 0.25) is 0 Å². The van der Waals surface area contributed by atoms with Crippen LogP contribution in [0.25, 0.3) is 11.3 Å². The van der Waals surface area contributed by atoms with E-state index in [1.54, 1.807) is 43.4 Å². The molecule has 2 heterocycles. The Balaban J connectivity index is 1.98. The maximum Gasteiger partial charge on any atom is 0.299 e. The Morgan fingerprint density at radius 3 is 2.31 bits per heavy atom. The average molecular weight is 370 g/mol. The monoisotopic (exact) mass is 369 g/mol. The Morgan fingerprint density at radius 1 is 1.00 bits per heavy atom. The van der Waals surface area contributed by atoms with Gasteiger partial charge in [0.25, 0.3) is 11.7 Å². The number of carbonyl (C=O) groups excluding carboxylic acids is 2. The number of rotatable bonds is 3. The first-order chi connectivity index (χ1) is 12.5. The number of ether oxygens (including phenoxy) is 2. The Hall–Kier alpha value is -2.79. The molecule has 0 saturated carbocycles. The predicted molar refractivity (Wildman–Crippen MR) is 98.2 cm³/mol. The van der Waals surface area contributed by atoms with Crippen molar-refractivity contribution < 1.29 is 19.1 Å². The lowest BCUT2D eigenvalue weighted by Crippen LogP contribution is -2.33. The van der Waals surface area contributed by atoms with Crippen LogP contribution in [0.15, 0.2) is 36.4 Å². The molecular formula is C20H16ClNO4. The Morgan fingerprint density at radius 2 is 1.65 bits per heavy atom. The molecule has 132 valence electrons. The zero-order chi connectivity index (χ0) is 18.4. The van der Waals surface area contributed by atoms with Crippen molar-refractivity contribution in [2.75, 3.05) is 20.8 Å². The number of hydrogen-bond acceptors (Lipinski definition) is 4. The van der Waals surface area contributed by atoms with Crippen molar-refractivity contribution in [3.05, 3.63) is 58.1 Å². The van der Waals surface area contributed by atoms with Crippen LogP contribution in [0.5, 0.6) is 11.5 Å². The zero-order valence-corrected chi connectivity index (χ0v) is 15.1. The number of halogens is 1. The minimum absolute atomic E-state index is 0.403. The van der Waals surface area contributed by atoms with E-state index in [0.29, 0.717) is 46.3 Å². The van der Waals surface area contributed by atoms with Gasteiger partial charge in [-0.15, -0.1) is 0 Å². The van der Waals surface area contributed by atoms with Gasteiger partial charge in [-0.1, -0.05) is 23.7 Å². The molecule has 0 N–H and O–H groups in total. The summed E-state index contributed by atoms with van der Waals surface area (Å²) in [5.41, 5.74) is 3.54. The molecule has 0 fully saturated rings. The zero-order valence-electron chi connectivity index (χ0n) is 14.3. The van der Waals surface area contributed by atoms with Crippen molar-refractivity contribution in [2.45, 2.75) is 6.42 Å². The molecule has 2 aromatic rings. The fourth-order valence-electron chi connectivity index (χ4n) is 3.53. The summed E-state index contributed by atoms with van der Waals surface area (Å²) >= 11 is 5.97. The van der Waals surface area contributed by atoms with E-state index in [-0.39, 0.29) is 0 Å². The first kappa shape index (κ1) is 16.7. The largest absolute Gasteiger partial charge is 0.493 e. The van der Waals surface area contributed by atoms with Gasteiger partial charge in [-0.25, -0.2) is 0 Å². The molecule has 0 bridgehead atoms. The van der Waals surface area contributed by atoms with Crippen molar-refractivity contribution in [2.24, 2.45) is 0 Å². The highest BCUT2D eigenvalue weighted by Gasteiger charge is 2.42. The van der Waals surface area contributed by atoms with Crippen LogP contribution in [0, 0.1) is 0 Å². The third-order valence-corrected chi connectivity index (χ3v) is 5.03. The molecule has 1 amide bonds. The molecular weight excluding hydrogens is 354 g/mol. The molecule has 5 nitrogen and oxygen atoms in total. The minimum atomic E-state index is -0.495. The van der Waals surface area contributed by atoms with Gasteiger partial charge in [-0.3, -0.25) is 9.59 Å². The van der Waals surface area contributed by atoms with E-state index in [2.05, 4.69) is 0 Å². The second-order valence-electron chi connectivity index (χ2n) is 6.13. The molecule has 26 heavy (non-hydrogen) atoms. The average Bonchev–Trinajstić information content (AvgIpc) is 2.92. The summed E-state index contributed by atoms with van der Waals surface area (Å²) in [7, 11) is 3.14. The van der Waals surface area contributed by atoms with E-state index in [4.69, 9.17) is 21.1 Å². The quantitative estimate of drug-likeness (QED) is 0.780. The number of amides is 1. The molecule has 6 heteroatoms. The number of carbonyl (C=O) groups is 2. The second-order valence-corrected chi connectivity index (χ2v) is 6.57. The van der Waals surface area contributed by atoms with Crippen LogP contribution in [0.4, 0.5) is 0 Å². The van der Waals surface area contributed by atoms with Crippen LogP contribution < -0.4 is 9.47 Å². The highest BCUT2D eigenvalue weighted by Crippen LogP contribution is 2.44. The molecule has 0 unspecified atom stereocenters. The van der Waals surface area contributed by atoms with Gasteiger partial charge >= 0.3 is 0 Å². The van der Waals surface area contributed by atoms with Crippen LogP contribution in [0.2, 0.25) is 5.02 Å². The molecule has 0 spiro atoms. The normalized spacial score (nSPS) is 15.9. The summed E-state index contributed by atoms with van der Waals surface area (Å²) in [4.78, 5) is 26.8. The number of ketones is 1. The fourth-order valence-corrected chi connectivity index (χ4v) is 3.66. The molecule has 0 atom stereocenters. The summed E-state index contributed by atoms with van der Waals surface area (Å²) < 4.78 is 10.8. The Kier molecular flexibility index (Phi) is 3.96. The van der Waals surface area contributed by atoms with E-state index in [9.17, 15) is 9.59 Å². The van der Waals surface area contributed by atoms with Gasteiger partial charge in [-0.05, 0) is 41.8 Å². The lowest BCUT2D eigenvalue weighted by atomic mass is 9.92. The molecule has 2 aromatic carbocycles. The van der Waals surface area contributed by atoms with Crippen LogP contribution in [-0.4, -0.2) is 37.4 Å². The SMILES string of the molecule is COc1cc2c(cc1OC)C1=C(c3ccc(Cl)cc3)C(=O)C(=O)N1CC2. The Bertz CT molecular complexity index is 963. The van der Waals surface area contributed by atoms with Crippen molar-refractivity contribution in [1.82, 2.24) is 4.90 Å². The smallest absolute Gasteiger partial charge is 0.299 e. The maximum absolute atomic E-state index is 12.7. The topological polar surface area (TPSA) is 55.8 Å². The standard InChI is InChI=1S/C20H16ClNO4/c1-25-15-9-12-7-8-22-18(14(12)10-16(15)26-2)17(19(23)20(22)24)11-3-5-13(21)6-4-11/h3-6,9-10H,7-8H2,1-2H3. The van der Waals surface area contributed by atoms with E-state index in [1.807, 2.05) is 12.1 Å². The first-order valence-corrected chi connectivity index (χ1v) is 8.54. The van der Waals surface area contributed by atoms with Crippen LogP contribution in [0.1, 0.15) is 16.7 Å². The summed E-state index contributed by atoms with van der Waals surface area (Å²) in [6.07, 6.45) is 0.645. The number of benzene rings is 2. The Labute approximate surface area is 155 Å². The summed E-state index contributed by atoms with van der Waals surface area (Å²) in [5.74, 6) is 0.196. The minimum Gasteiger partial charge on any atom is -0.493 e. The van der Waals surface area contributed by atoms with Crippen LogP contribution in [-0.2, 0) is 16.0 Å². The van der Waals surface area contributed by atoms with Gasteiger partial charge in [0.1, 0.15) is 0 Å². The number of nitrogens with zero attached hydrogens (tertiary/aromatic N) is 1. The van der Waals surface area contributed by atoms with Crippen molar-refractivity contribution in [3.63, 3.8) is 0 Å². The van der Waals surface area contributed by atoms with Gasteiger partial charge in [-0.2, -0.15) is 0 Å². The lowest BCUT2D eigenvalue weighted by molar-refractivity contribution is -0.138. The predicted octanol–water partition coefficient (Wildman–Crippen LogP) is 3.19. The van der Waals surface area contributed by atoms with Gasteiger partial charge in [0.15, 0.2) is 11.5 Å². The van der Waals surface area contributed by atoms with E-state index in [1.165, 1.54) is 0 Å². The number of methoxy groups -OCH3 is 2. The van der Waals surface area contributed by atoms with Crippen molar-refractivity contribution in [3.8, 4) is 11.5 Å². The third-order valence-electron chi connectivity index (χ3n) is 4.78. The fraction of sp³-hybridized carbons (Fsp3) is 0.200. The highest BCUT2D eigenvalue weighted by molar-refractivity contribution is 6.60. The molecule has 4 rings (SSSR count). The van der Waals surface area contributed by atoms with Crippen LogP contribution >= 0.6 is 11.6 Å². The first-order valence-electron chi connectivity index (χ1n) is 8.17. The summed E-state index contributed by atoms with van der Waals surface area (Å²) in [6.45, 7) is 0.458. The molecule has 0 aliphatic carbocycles. The van der Waals surface area contributed by atoms with Gasteiger partial charge in [0.05, 0.1) is 25.5 Å². The van der Waals surface area contributed by atoms with Crippen molar-refractivity contribution in [1.29, 1.82) is 0 Å². The third kappa shape index (κ3) is 2.39. The van der Waals surface area contributed by atoms with Gasteiger partial charge in [0, 0.05) is 17.1 Å². The van der Waals surface area contributed by atoms with Crippen LogP contribution in [0.3, 0.4) is 0 Å². The molecule has 2 aliphatic rings. The summed E-state index contributed by atoms with van der Waals surface area (Å²) in [6, 6.07) is 10.7.